The molecule has 1 aromatic heterocycles. The molecule has 0 saturated heterocycles. The lowest BCUT2D eigenvalue weighted by molar-refractivity contribution is 0.0697. The number of nitrogens with zero attached hydrogens (tertiary/aromatic N) is 1. The van der Waals surface area contributed by atoms with Crippen LogP contribution in [0.2, 0.25) is 0 Å². The SMILES string of the molecule is Cc1cc(C(=O)O)ccc1-c1ccc(C=Nc2ccc(-c3ccccc3)cc2)o1. The number of benzene rings is 3. The first-order chi connectivity index (χ1) is 14.1. The first kappa shape index (κ1) is 18.4. The van der Waals surface area contributed by atoms with E-state index in [1.165, 1.54) is 5.56 Å². The summed E-state index contributed by atoms with van der Waals surface area (Å²) in [5, 5.41) is 9.09. The molecule has 0 spiro atoms. The zero-order chi connectivity index (χ0) is 20.2. The molecular weight excluding hydrogens is 362 g/mol. The van der Waals surface area contributed by atoms with Gasteiger partial charge in [0.05, 0.1) is 17.5 Å². The topological polar surface area (TPSA) is 62.8 Å². The first-order valence-electron chi connectivity index (χ1n) is 9.24. The van der Waals surface area contributed by atoms with Crippen LogP contribution in [-0.4, -0.2) is 17.3 Å². The molecule has 0 aliphatic carbocycles. The molecule has 4 rings (SSSR count). The largest absolute Gasteiger partial charge is 0.478 e. The van der Waals surface area contributed by atoms with Gasteiger partial charge in [0.25, 0.3) is 0 Å². The maximum Gasteiger partial charge on any atom is 0.335 e. The van der Waals surface area contributed by atoms with E-state index in [2.05, 4.69) is 17.1 Å². The molecule has 4 aromatic rings. The first-order valence-corrected chi connectivity index (χ1v) is 9.24. The standard InChI is InChI=1S/C25H19NO3/c1-17-15-20(25(27)28)9-13-23(17)24-14-12-22(29-24)16-26-21-10-7-19(8-11-21)18-5-3-2-4-6-18/h2-16H,1H3,(H,27,28). The van der Waals surface area contributed by atoms with Crippen molar-refractivity contribution in [1.29, 1.82) is 0 Å². The Balaban J connectivity index is 1.50. The lowest BCUT2D eigenvalue weighted by Crippen LogP contribution is -1.96. The van der Waals surface area contributed by atoms with Crippen LogP contribution >= 0.6 is 0 Å². The molecule has 0 fully saturated rings. The summed E-state index contributed by atoms with van der Waals surface area (Å²) in [7, 11) is 0. The van der Waals surface area contributed by atoms with Crippen LogP contribution in [0.15, 0.2) is 94.3 Å². The quantitative estimate of drug-likeness (QED) is 0.409. The van der Waals surface area contributed by atoms with Gasteiger partial charge >= 0.3 is 5.97 Å². The Morgan fingerprint density at radius 3 is 2.31 bits per heavy atom. The highest BCUT2D eigenvalue weighted by molar-refractivity contribution is 5.89. The monoisotopic (exact) mass is 381 g/mol. The minimum absolute atomic E-state index is 0.263. The minimum Gasteiger partial charge on any atom is -0.478 e. The number of furan rings is 1. The molecule has 0 amide bonds. The van der Waals surface area contributed by atoms with Crippen molar-refractivity contribution < 1.29 is 14.3 Å². The lowest BCUT2D eigenvalue weighted by Gasteiger charge is -2.04. The number of aromatic carboxylic acids is 1. The molecule has 0 atom stereocenters. The number of aliphatic imine (C=N–C) groups is 1. The third-order valence-electron chi connectivity index (χ3n) is 4.68. The maximum absolute atomic E-state index is 11.1. The van der Waals surface area contributed by atoms with Crippen molar-refractivity contribution in [2.24, 2.45) is 4.99 Å². The molecule has 4 nitrogen and oxygen atoms in total. The van der Waals surface area contributed by atoms with Crippen LogP contribution in [0.25, 0.3) is 22.5 Å². The van der Waals surface area contributed by atoms with Gasteiger partial charge in [-0.1, -0.05) is 48.5 Å². The van der Waals surface area contributed by atoms with Crippen LogP contribution in [0.1, 0.15) is 21.7 Å². The highest BCUT2D eigenvalue weighted by atomic mass is 16.4. The second-order valence-electron chi connectivity index (χ2n) is 6.71. The van der Waals surface area contributed by atoms with Crippen LogP contribution < -0.4 is 0 Å². The second kappa shape index (κ2) is 7.98. The van der Waals surface area contributed by atoms with Crippen LogP contribution in [-0.2, 0) is 0 Å². The summed E-state index contributed by atoms with van der Waals surface area (Å²) in [5.41, 5.74) is 5.12. The summed E-state index contributed by atoms with van der Waals surface area (Å²) in [4.78, 5) is 15.6. The number of aryl methyl sites for hydroxylation is 1. The van der Waals surface area contributed by atoms with Gasteiger partial charge in [-0.3, -0.25) is 4.99 Å². The molecule has 0 radical (unpaired) electrons. The van der Waals surface area contributed by atoms with Gasteiger partial charge in [0, 0.05) is 5.56 Å². The molecule has 0 aliphatic heterocycles. The minimum atomic E-state index is -0.940. The number of carboxylic acids is 1. The van der Waals surface area contributed by atoms with E-state index in [9.17, 15) is 4.79 Å². The van der Waals surface area contributed by atoms with Crippen LogP contribution in [0, 0.1) is 6.92 Å². The van der Waals surface area contributed by atoms with E-state index in [0.717, 1.165) is 22.4 Å². The third-order valence-corrected chi connectivity index (χ3v) is 4.68. The van der Waals surface area contributed by atoms with E-state index in [1.807, 2.05) is 61.5 Å². The Morgan fingerprint density at radius 2 is 1.62 bits per heavy atom. The molecule has 142 valence electrons. The fraction of sp³-hybridized carbons (Fsp3) is 0.0400. The fourth-order valence-corrected chi connectivity index (χ4v) is 3.15. The van der Waals surface area contributed by atoms with Crippen molar-refractivity contribution in [3.8, 4) is 22.5 Å². The Labute approximate surface area is 168 Å². The predicted octanol–water partition coefficient (Wildman–Crippen LogP) is 6.37. The molecular formula is C25H19NO3. The van der Waals surface area contributed by atoms with Gasteiger partial charge in [0.15, 0.2) is 0 Å². The number of rotatable bonds is 5. The number of carboxylic acid groups (broad SMARTS) is 1. The Kier molecular flexibility index (Phi) is 5.08. The molecule has 0 saturated carbocycles. The van der Waals surface area contributed by atoms with Gasteiger partial charge in [0.1, 0.15) is 11.5 Å². The van der Waals surface area contributed by atoms with E-state index in [-0.39, 0.29) is 5.56 Å². The van der Waals surface area contributed by atoms with Crippen molar-refractivity contribution in [2.75, 3.05) is 0 Å². The molecule has 1 N–H and O–H groups in total. The van der Waals surface area contributed by atoms with E-state index >= 15 is 0 Å². The highest BCUT2D eigenvalue weighted by Gasteiger charge is 2.10. The van der Waals surface area contributed by atoms with E-state index in [4.69, 9.17) is 9.52 Å². The number of carbonyl (C=O) groups is 1. The van der Waals surface area contributed by atoms with Crippen molar-refractivity contribution in [3.05, 3.63) is 102 Å². The van der Waals surface area contributed by atoms with Gasteiger partial charge in [-0.15, -0.1) is 0 Å². The Morgan fingerprint density at radius 1 is 0.897 bits per heavy atom. The molecule has 0 aliphatic rings. The van der Waals surface area contributed by atoms with Crippen molar-refractivity contribution in [3.63, 3.8) is 0 Å². The fourth-order valence-electron chi connectivity index (χ4n) is 3.15. The normalized spacial score (nSPS) is 11.1. The number of hydrogen-bond acceptors (Lipinski definition) is 3. The maximum atomic E-state index is 11.1. The zero-order valence-electron chi connectivity index (χ0n) is 15.9. The molecule has 3 aromatic carbocycles. The molecule has 1 heterocycles. The third kappa shape index (κ3) is 4.17. The summed E-state index contributed by atoms with van der Waals surface area (Å²) in [6.07, 6.45) is 1.68. The van der Waals surface area contributed by atoms with Gasteiger partial charge in [-0.05, 0) is 60.0 Å². The molecule has 29 heavy (non-hydrogen) atoms. The van der Waals surface area contributed by atoms with E-state index < -0.39 is 5.97 Å². The Bertz CT molecular complexity index is 1170. The van der Waals surface area contributed by atoms with Crippen LogP contribution in [0.3, 0.4) is 0 Å². The van der Waals surface area contributed by atoms with Gasteiger partial charge < -0.3 is 9.52 Å². The van der Waals surface area contributed by atoms with Crippen LogP contribution in [0.4, 0.5) is 5.69 Å². The van der Waals surface area contributed by atoms with Crippen LogP contribution in [0.5, 0.6) is 0 Å². The Hall–Kier alpha value is -3.92. The molecule has 0 bridgehead atoms. The van der Waals surface area contributed by atoms with Gasteiger partial charge in [-0.25, -0.2) is 4.79 Å². The van der Waals surface area contributed by atoms with E-state index in [1.54, 1.807) is 24.4 Å². The number of hydrogen-bond donors (Lipinski definition) is 1. The average molecular weight is 381 g/mol. The van der Waals surface area contributed by atoms with Gasteiger partial charge in [-0.2, -0.15) is 0 Å². The predicted molar refractivity (Wildman–Crippen MR) is 115 cm³/mol. The molecule has 0 unspecified atom stereocenters. The lowest BCUT2D eigenvalue weighted by atomic mass is 10.0. The summed E-state index contributed by atoms with van der Waals surface area (Å²) >= 11 is 0. The molecule has 4 heteroatoms. The highest BCUT2D eigenvalue weighted by Crippen LogP contribution is 2.27. The smallest absolute Gasteiger partial charge is 0.335 e. The second-order valence-corrected chi connectivity index (χ2v) is 6.71. The average Bonchev–Trinajstić information content (AvgIpc) is 3.22. The van der Waals surface area contributed by atoms with Gasteiger partial charge in [0.2, 0.25) is 0 Å². The summed E-state index contributed by atoms with van der Waals surface area (Å²) in [6, 6.07) is 26.9. The van der Waals surface area contributed by atoms with Crippen molar-refractivity contribution in [1.82, 2.24) is 0 Å². The van der Waals surface area contributed by atoms with Crippen molar-refractivity contribution in [2.45, 2.75) is 6.92 Å². The summed E-state index contributed by atoms with van der Waals surface area (Å²) in [5.74, 6) is 0.374. The summed E-state index contributed by atoms with van der Waals surface area (Å²) in [6.45, 7) is 1.87. The summed E-state index contributed by atoms with van der Waals surface area (Å²) < 4.78 is 5.87. The van der Waals surface area contributed by atoms with Crippen molar-refractivity contribution >= 4 is 17.9 Å². The van der Waals surface area contributed by atoms with E-state index in [0.29, 0.717) is 11.5 Å². The zero-order valence-corrected chi connectivity index (χ0v) is 15.9.